The van der Waals surface area contributed by atoms with Gasteiger partial charge in [0.15, 0.2) is 0 Å². The van der Waals surface area contributed by atoms with Crippen LogP contribution in [0.5, 0.6) is 0 Å². The molecule has 1 aliphatic rings. The number of nitrogens with two attached hydrogens (primary N) is 1. The number of thiophene rings is 1. The van der Waals surface area contributed by atoms with Gasteiger partial charge < -0.3 is 10.6 Å². The van der Waals surface area contributed by atoms with Gasteiger partial charge in [-0.2, -0.15) is 0 Å². The molecule has 1 aromatic rings. The number of hydrogen-bond acceptors (Lipinski definition) is 3. The fourth-order valence-corrected chi connectivity index (χ4v) is 3.41. The first-order valence-electron chi connectivity index (χ1n) is 6.19. The highest BCUT2D eigenvalue weighted by Crippen LogP contribution is 2.36. The van der Waals surface area contributed by atoms with Crippen molar-refractivity contribution >= 4 is 29.7 Å². The zero-order valence-corrected chi connectivity index (χ0v) is 12.5. The summed E-state index contributed by atoms with van der Waals surface area (Å²) in [6.07, 6.45) is 2.65. The van der Waals surface area contributed by atoms with E-state index in [1.165, 1.54) is 9.75 Å². The van der Waals surface area contributed by atoms with Crippen LogP contribution in [-0.2, 0) is 4.79 Å². The van der Waals surface area contributed by atoms with Crippen LogP contribution in [0.3, 0.4) is 0 Å². The number of aryl methyl sites for hydroxylation is 1. The van der Waals surface area contributed by atoms with Crippen molar-refractivity contribution in [2.45, 2.75) is 45.2 Å². The van der Waals surface area contributed by atoms with E-state index in [-0.39, 0.29) is 24.4 Å². The molecule has 0 aromatic carbocycles. The molecule has 2 heterocycles. The fraction of sp³-hybridized carbons (Fsp3) is 0.615. The summed E-state index contributed by atoms with van der Waals surface area (Å²) in [6, 6.07) is 4.53. The number of hydrogen-bond donors (Lipinski definition) is 1. The van der Waals surface area contributed by atoms with Crippen molar-refractivity contribution < 1.29 is 4.79 Å². The lowest BCUT2D eigenvalue weighted by atomic mass is 10.1. The number of carbonyl (C=O) groups is 1. The van der Waals surface area contributed by atoms with Crippen LogP contribution in [0.15, 0.2) is 12.1 Å². The van der Waals surface area contributed by atoms with Gasteiger partial charge in [-0.1, -0.05) is 0 Å². The molecule has 18 heavy (non-hydrogen) atoms. The molecule has 1 fully saturated rings. The Kier molecular flexibility index (Phi) is 5.63. The largest absolute Gasteiger partial charge is 0.335 e. The second kappa shape index (κ2) is 6.55. The van der Waals surface area contributed by atoms with Crippen molar-refractivity contribution in [2.75, 3.05) is 6.54 Å². The lowest BCUT2D eigenvalue weighted by Gasteiger charge is -2.24. The standard InChI is InChI=1S/C13H20N2OS.ClH/c1-9(14)8-13(16)15-7-3-4-11(15)12-6-5-10(2)17-12;/h5-6,9,11H,3-4,7-8,14H2,1-2H3;1H. The van der Waals surface area contributed by atoms with Crippen LogP contribution in [0.2, 0.25) is 0 Å². The number of amides is 1. The molecule has 0 bridgehead atoms. The maximum atomic E-state index is 12.1. The molecule has 2 rings (SSSR count). The van der Waals surface area contributed by atoms with Crippen molar-refractivity contribution in [2.24, 2.45) is 5.73 Å². The smallest absolute Gasteiger partial charge is 0.224 e. The van der Waals surface area contributed by atoms with Gasteiger partial charge >= 0.3 is 0 Å². The molecule has 1 amide bonds. The van der Waals surface area contributed by atoms with Gasteiger partial charge in [0.05, 0.1) is 6.04 Å². The van der Waals surface area contributed by atoms with E-state index in [1.807, 2.05) is 11.8 Å². The van der Waals surface area contributed by atoms with E-state index >= 15 is 0 Å². The zero-order chi connectivity index (χ0) is 12.4. The van der Waals surface area contributed by atoms with Crippen molar-refractivity contribution in [3.63, 3.8) is 0 Å². The van der Waals surface area contributed by atoms with E-state index in [9.17, 15) is 4.79 Å². The molecule has 102 valence electrons. The monoisotopic (exact) mass is 288 g/mol. The molecule has 1 saturated heterocycles. The van der Waals surface area contributed by atoms with Gasteiger partial charge in [-0.05, 0) is 38.8 Å². The summed E-state index contributed by atoms with van der Waals surface area (Å²) in [5.74, 6) is 0.202. The minimum absolute atomic E-state index is 0. The second-order valence-corrected chi connectivity index (χ2v) is 6.19. The Morgan fingerprint density at radius 3 is 2.89 bits per heavy atom. The van der Waals surface area contributed by atoms with Gasteiger partial charge in [0.25, 0.3) is 0 Å². The number of halogens is 1. The van der Waals surface area contributed by atoms with Gasteiger partial charge in [-0.15, -0.1) is 23.7 Å². The van der Waals surface area contributed by atoms with Crippen LogP contribution in [-0.4, -0.2) is 23.4 Å². The van der Waals surface area contributed by atoms with Crippen molar-refractivity contribution in [1.82, 2.24) is 4.90 Å². The normalized spacial score (nSPS) is 20.6. The van der Waals surface area contributed by atoms with E-state index in [4.69, 9.17) is 5.73 Å². The summed E-state index contributed by atoms with van der Waals surface area (Å²) in [6.45, 7) is 4.88. The van der Waals surface area contributed by atoms with Gasteiger partial charge in [-0.3, -0.25) is 4.79 Å². The Labute approximate surface area is 119 Å². The Hall–Kier alpha value is -0.580. The van der Waals surface area contributed by atoms with Gasteiger partial charge in [0.2, 0.25) is 5.91 Å². The summed E-state index contributed by atoms with van der Waals surface area (Å²) in [5, 5.41) is 0. The fourth-order valence-electron chi connectivity index (χ4n) is 2.39. The van der Waals surface area contributed by atoms with E-state index in [2.05, 4.69) is 19.1 Å². The first-order valence-corrected chi connectivity index (χ1v) is 7.01. The molecular formula is C13H21ClN2OS. The highest BCUT2D eigenvalue weighted by molar-refractivity contribution is 7.12. The van der Waals surface area contributed by atoms with Gasteiger partial charge in [-0.25, -0.2) is 0 Å². The van der Waals surface area contributed by atoms with Gasteiger partial charge in [0.1, 0.15) is 0 Å². The third-order valence-electron chi connectivity index (χ3n) is 3.16. The van der Waals surface area contributed by atoms with Crippen LogP contribution in [0.1, 0.15) is 42.0 Å². The number of nitrogens with zero attached hydrogens (tertiary/aromatic N) is 1. The minimum Gasteiger partial charge on any atom is -0.335 e. The molecule has 2 unspecified atom stereocenters. The molecule has 2 atom stereocenters. The topological polar surface area (TPSA) is 46.3 Å². The first kappa shape index (κ1) is 15.5. The average Bonchev–Trinajstić information content (AvgIpc) is 2.83. The molecule has 1 aliphatic heterocycles. The Morgan fingerprint density at radius 2 is 2.33 bits per heavy atom. The second-order valence-electron chi connectivity index (χ2n) is 4.87. The Morgan fingerprint density at radius 1 is 1.61 bits per heavy atom. The highest BCUT2D eigenvalue weighted by atomic mass is 35.5. The summed E-state index contributed by atoms with van der Waals surface area (Å²) in [4.78, 5) is 16.7. The maximum Gasteiger partial charge on any atom is 0.224 e. The number of rotatable bonds is 3. The van der Waals surface area contributed by atoms with Crippen LogP contribution in [0.25, 0.3) is 0 Å². The quantitative estimate of drug-likeness (QED) is 0.930. The van der Waals surface area contributed by atoms with E-state index < -0.39 is 0 Å². The SMILES string of the molecule is Cc1ccc(C2CCCN2C(=O)CC(C)N)s1.Cl. The molecule has 0 saturated carbocycles. The Balaban J connectivity index is 0.00000162. The lowest BCUT2D eigenvalue weighted by molar-refractivity contribution is -0.132. The molecule has 0 spiro atoms. The molecule has 0 aliphatic carbocycles. The van der Waals surface area contributed by atoms with E-state index in [0.717, 1.165) is 19.4 Å². The van der Waals surface area contributed by atoms with Crippen molar-refractivity contribution in [1.29, 1.82) is 0 Å². The summed E-state index contributed by atoms with van der Waals surface area (Å²) >= 11 is 1.80. The predicted molar refractivity (Wildman–Crippen MR) is 78.3 cm³/mol. The third-order valence-corrected chi connectivity index (χ3v) is 4.26. The van der Waals surface area contributed by atoms with E-state index in [0.29, 0.717) is 12.5 Å². The molecular weight excluding hydrogens is 268 g/mol. The molecule has 0 radical (unpaired) electrons. The molecule has 2 N–H and O–H groups in total. The van der Waals surface area contributed by atoms with Crippen molar-refractivity contribution in [3.05, 3.63) is 21.9 Å². The third kappa shape index (κ3) is 3.46. The maximum absolute atomic E-state index is 12.1. The predicted octanol–water partition coefficient (Wildman–Crippen LogP) is 2.88. The summed E-state index contributed by atoms with van der Waals surface area (Å²) in [7, 11) is 0. The number of likely N-dealkylation sites (tertiary alicyclic amines) is 1. The van der Waals surface area contributed by atoms with Gasteiger partial charge in [0, 0.05) is 28.8 Å². The zero-order valence-electron chi connectivity index (χ0n) is 10.9. The molecule has 3 nitrogen and oxygen atoms in total. The molecule has 1 aromatic heterocycles. The summed E-state index contributed by atoms with van der Waals surface area (Å²) in [5.41, 5.74) is 5.70. The highest BCUT2D eigenvalue weighted by Gasteiger charge is 2.30. The van der Waals surface area contributed by atoms with E-state index in [1.54, 1.807) is 11.3 Å². The number of carbonyl (C=O) groups excluding carboxylic acids is 1. The minimum atomic E-state index is -0.0474. The van der Waals surface area contributed by atoms with Crippen molar-refractivity contribution in [3.8, 4) is 0 Å². The van der Waals surface area contributed by atoms with Crippen LogP contribution in [0, 0.1) is 6.92 Å². The average molecular weight is 289 g/mol. The Bertz CT molecular complexity index is 405. The van der Waals surface area contributed by atoms with Crippen LogP contribution < -0.4 is 5.73 Å². The molecule has 5 heteroatoms. The summed E-state index contributed by atoms with van der Waals surface area (Å²) < 4.78 is 0. The first-order chi connectivity index (χ1) is 8.08. The van der Waals surface area contributed by atoms with Crippen LogP contribution in [0.4, 0.5) is 0 Å². The lowest BCUT2D eigenvalue weighted by Crippen LogP contribution is -2.34. The van der Waals surface area contributed by atoms with Crippen LogP contribution >= 0.6 is 23.7 Å².